The predicted molar refractivity (Wildman–Crippen MR) is 107 cm³/mol. The van der Waals surface area contributed by atoms with Crippen molar-refractivity contribution in [2.24, 2.45) is 4.99 Å². The van der Waals surface area contributed by atoms with Gasteiger partial charge in [0.15, 0.2) is 17.5 Å². The van der Waals surface area contributed by atoms with Crippen LogP contribution in [0.5, 0.6) is 11.5 Å². The Labute approximate surface area is 167 Å². The standard InChI is InChI=1S/C21H31N3O4/c1-22-21(23-13-16-5-6-19-20(12-16)28-15-27-19)24-9-7-17(8-10-24)26-14-18-4-2-3-11-25-18/h5-6,12,17-18H,2-4,7-11,13-15H2,1H3,(H,22,23). The van der Waals surface area contributed by atoms with Crippen molar-refractivity contribution in [3.63, 3.8) is 0 Å². The van der Waals surface area contributed by atoms with Crippen LogP contribution in [0.15, 0.2) is 23.2 Å². The third-order valence-corrected chi connectivity index (χ3v) is 5.63. The zero-order valence-corrected chi connectivity index (χ0v) is 16.7. The van der Waals surface area contributed by atoms with Gasteiger partial charge in [-0.1, -0.05) is 6.07 Å². The Kier molecular flexibility index (Phi) is 6.54. The average molecular weight is 389 g/mol. The lowest BCUT2D eigenvalue weighted by Crippen LogP contribution is -2.47. The van der Waals surface area contributed by atoms with Crippen molar-refractivity contribution < 1.29 is 18.9 Å². The molecule has 28 heavy (non-hydrogen) atoms. The minimum atomic E-state index is 0.294. The molecule has 0 aliphatic carbocycles. The minimum absolute atomic E-state index is 0.294. The van der Waals surface area contributed by atoms with Crippen LogP contribution in [-0.2, 0) is 16.0 Å². The van der Waals surface area contributed by atoms with Crippen LogP contribution in [0.25, 0.3) is 0 Å². The van der Waals surface area contributed by atoms with E-state index in [0.29, 0.717) is 25.5 Å². The summed E-state index contributed by atoms with van der Waals surface area (Å²) in [6, 6.07) is 6.04. The maximum Gasteiger partial charge on any atom is 0.231 e. The molecule has 0 amide bonds. The van der Waals surface area contributed by atoms with Gasteiger partial charge in [0.25, 0.3) is 0 Å². The van der Waals surface area contributed by atoms with Crippen LogP contribution in [0, 0.1) is 0 Å². The molecule has 4 rings (SSSR count). The first-order chi connectivity index (χ1) is 13.8. The fraction of sp³-hybridized carbons (Fsp3) is 0.667. The minimum Gasteiger partial charge on any atom is -0.454 e. The van der Waals surface area contributed by atoms with Gasteiger partial charge in [0.05, 0.1) is 18.8 Å². The maximum absolute atomic E-state index is 6.12. The highest BCUT2D eigenvalue weighted by Crippen LogP contribution is 2.32. The van der Waals surface area contributed by atoms with Crippen molar-refractivity contribution in [1.29, 1.82) is 0 Å². The number of aliphatic imine (C=N–C) groups is 1. The van der Waals surface area contributed by atoms with Gasteiger partial charge in [-0.3, -0.25) is 4.99 Å². The van der Waals surface area contributed by atoms with Gasteiger partial charge in [0, 0.05) is 33.3 Å². The Bertz CT molecular complexity index is 668. The van der Waals surface area contributed by atoms with Crippen LogP contribution < -0.4 is 14.8 Å². The second-order valence-corrected chi connectivity index (χ2v) is 7.60. The van der Waals surface area contributed by atoms with E-state index in [1.54, 1.807) is 0 Å². The number of likely N-dealkylation sites (tertiary alicyclic amines) is 1. The molecular formula is C21H31N3O4. The third-order valence-electron chi connectivity index (χ3n) is 5.63. The smallest absolute Gasteiger partial charge is 0.231 e. The lowest BCUT2D eigenvalue weighted by Gasteiger charge is -2.35. The van der Waals surface area contributed by atoms with E-state index in [2.05, 4.69) is 21.3 Å². The van der Waals surface area contributed by atoms with Crippen LogP contribution in [0.2, 0.25) is 0 Å². The summed E-state index contributed by atoms with van der Waals surface area (Å²) in [6.07, 6.45) is 6.26. The molecule has 2 fully saturated rings. The van der Waals surface area contributed by atoms with Crippen LogP contribution >= 0.6 is 0 Å². The first-order valence-corrected chi connectivity index (χ1v) is 10.4. The molecular weight excluding hydrogens is 358 g/mol. The van der Waals surface area contributed by atoms with Crippen molar-refractivity contribution in [2.45, 2.75) is 50.9 Å². The summed E-state index contributed by atoms with van der Waals surface area (Å²) in [7, 11) is 1.84. The van der Waals surface area contributed by atoms with E-state index in [1.807, 2.05) is 19.2 Å². The number of benzene rings is 1. The number of hydrogen-bond acceptors (Lipinski definition) is 5. The molecule has 0 bridgehead atoms. The molecule has 2 saturated heterocycles. The molecule has 3 aliphatic heterocycles. The molecule has 1 N–H and O–H groups in total. The van der Waals surface area contributed by atoms with Crippen molar-refractivity contribution in [2.75, 3.05) is 40.1 Å². The monoisotopic (exact) mass is 389 g/mol. The summed E-state index contributed by atoms with van der Waals surface area (Å²) in [4.78, 5) is 6.77. The molecule has 0 radical (unpaired) electrons. The molecule has 0 aromatic heterocycles. The molecule has 1 aromatic rings. The Hall–Kier alpha value is -1.99. The molecule has 154 valence electrons. The Morgan fingerprint density at radius 3 is 2.82 bits per heavy atom. The van der Waals surface area contributed by atoms with Crippen LogP contribution in [0.1, 0.15) is 37.7 Å². The lowest BCUT2D eigenvalue weighted by atomic mass is 10.1. The quantitative estimate of drug-likeness (QED) is 0.617. The summed E-state index contributed by atoms with van der Waals surface area (Å²) < 4.78 is 22.7. The second kappa shape index (κ2) is 9.47. The number of ether oxygens (including phenoxy) is 4. The van der Waals surface area contributed by atoms with Gasteiger partial charge in [-0.2, -0.15) is 0 Å². The lowest BCUT2D eigenvalue weighted by molar-refractivity contribution is -0.0721. The molecule has 7 nitrogen and oxygen atoms in total. The van der Waals surface area contributed by atoms with Gasteiger partial charge >= 0.3 is 0 Å². The van der Waals surface area contributed by atoms with Crippen molar-refractivity contribution in [1.82, 2.24) is 10.2 Å². The average Bonchev–Trinajstić information content (AvgIpc) is 3.22. The molecule has 0 saturated carbocycles. The van der Waals surface area contributed by atoms with E-state index in [0.717, 1.165) is 68.6 Å². The van der Waals surface area contributed by atoms with Gasteiger partial charge in [0.1, 0.15) is 0 Å². The third kappa shape index (κ3) is 4.89. The van der Waals surface area contributed by atoms with Gasteiger partial charge in [-0.25, -0.2) is 0 Å². The largest absolute Gasteiger partial charge is 0.454 e. The van der Waals surface area contributed by atoms with E-state index in [-0.39, 0.29) is 0 Å². The number of nitrogens with zero attached hydrogens (tertiary/aromatic N) is 2. The summed E-state index contributed by atoms with van der Waals surface area (Å²) in [6.45, 7) is 4.55. The molecule has 1 aromatic carbocycles. The molecule has 1 unspecified atom stereocenters. The van der Waals surface area contributed by atoms with E-state index >= 15 is 0 Å². The molecule has 3 heterocycles. The first kappa shape index (κ1) is 19.3. The van der Waals surface area contributed by atoms with Crippen LogP contribution in [-0.4, -0.2) is 63.2 Å². The Morgan fingerprint density at radius 2 is 2.04 bits per heavy atom. The Balaban J connectivity index is 1.20. The van der Waals surface area contributed by atoms with Crippen molar-refractivity contribution >= 4 is 5.96 Å². The molecule has 3 aliphatic rings. The first-order valence-electron chi connectivity index (χ1n) is 10.4. The maximum atomic E-state index is 6.12. The highest BCUT2D eigenvalue weighted by molar-refractivity contribution is 5.80. The Morgan fingerprint density at radius 1 is 1.18 bits per heavy atom. The number of fused-ring (bicyclic) bond motifs is 1. The number of guanidine groups is 1. The van der Waals surface area contributed by atoms with Crippen molar-refractivity contribution in [3.05, 3.63) is 23.8 Å². The number of hydrogen-bond donors (Lipinski definition) is 1. The molecule has 0 spiro atoms. The van der Waals surface area contributed by atoms with Gasteiger partial charge < -0.3 is 29.2 Å². The number of piperidine rings is 1. The highest BCUT2D eigenvalue weighted by atomic mass is 16.7. The molecule has 1 atom stereocenters. The summed E-state index contributed by atoms with van der Waals surface area (Å²) >= 11 is 0. The van der Waals surface area contributed by atoms with Gasteiger partial charge in [0.2, 0.25) is 6.79 Å². The fourth-order valence-electron chi connectivity index (χ4n) is 3.98. The molecule has 7 heteroatoms. The second-order valence-electron chi connectivity index (χ2n) is 7.60. The topological polar surface area (TPSA) is 64.6 Å². The zero-order valence-electron chi connectivity index (χ0n) is 16.7. The predicted octanol–water partition coefficient (Wildman–Crippen LogP) is 2.54. The van der Waals surface area contributed by atoms with E-state index in [4.69, 9.17) is 18.9 Å². The van der Waals surface area contributed by atoms with Crippen LogP contribution in [0.3, 0.4) is 0 Å². The number of rotatable bonds is 5. The highest BCUT2D eigenvalue weighted by Gasteiger charge is 2.24. The summed E-state index contributed by atoms with van der Waals surface area (Å²) in [5.41, 5.74) is 1.15. The summed E-state index contributed by atoms with van der Waals surface area (Å²) in [5, 5.41) is 3.46. The van der Waals surface area contributed by atoms with Gasteiger partial charge in [-0.15, -0.1) is 0 Å². The van der Waals surface area contributed by atoms with Crippen molar-refractivity contribution in [3.8, 4) is 11.5 Å². The van der Waals surface area contributed by atoms with Crippen LogP contribution in [0.4, 0.5) is 0 Å². The zero-order chi connectivity index (χ0) is 19.2. The summed E-state index contributed by atoms with van der Waals surface area (Å²) in [5.74, 6) is 2.56. The number of nitrogens with one attached hydrogen (secondary N) is 1. The van der Waals surface area contributed by atoms with Gasteiger partial charge in [-0.05, 0) is 49.8 Å². The SMILES string of the molecule is CN=C(NCc1ccc2c(c1)OCO2)N1CCC(OCC2CCCCO2)CC1. The van der Waals surface area contributed by atoms with E-state index < -0.39 is 0 Å². The fourth-order valence-corrected chi connectivity index (χ4v) is 3.98. The normalized spacial score (nSPS) is 23.1. The van der Waals surface area contributed by atoms with E-state index in [1.165, 1.54) is 12.8 Å². The van der Waals surface area contributed by atoms with E-state index in [9.17, 15) is 0 Å².